The van der Waals surface area contributed by atoms with Crippen LogP contribution in [0.4, 0.5) is 0 Å². The molecule has 2 aromatic heterocycles. The number of hydrogen-bond donors (Lipinski definition) is 2. The molecule has 7 heteroatoms. The fraction of sp³-hybridized carbons (Fsp3) is 0.421. The van der Waals surface area contributed by atoms with Gasteiger partial charge in [-0.05, 0) is 48.3 Å². The van der Waals surface area contributed by atoms with Crippen LogP contribution in [-0.2, 0) is 12.8 Å². The number of nitrogens with one attached hydrogen (secondary N) is 2. The lowest BCUT2D eigenvalue weighted by molar-refractivity contribution is -0.607. The van der Waals surface area contributed by atoms with Gasteiger partial charge in [-0.3, -0.25) is 20.4 Å². The summed E-state index contributed by atoms with van der Waals surface area (Å²) in [6.45, 7) is 6.76. The number of fused-ring (bicyclic) bond motifs is 1. The Hall–Kier alpha value is -2.41. The predicted octanol–water partition coefficient (Wildman–Crippen LogP) is 2.61. The smallest absolute Gasteiger partial charge is 0.335 e. The number of amides is 2. The maximum atomic E-state index is 12.4. The van der Waals surface area contributed by atoms with E-state index in [1.165, 1.54) is 40.1 Å². The Bertz CT molecular complexity index is 839. The summed E-state index contributed by atoms with van der Waals surface area (Å²) >= 11 is 1.48. The highest BCUT2D eigenvalue weighted by Crippen LogP contribution is 2.40. The Morgan fingerprint density at radius 2 is 1.96 bits per heavy atom. The van der Waals surface area contributed by atoms with E-state index in [0.717, 1.165) is 19.3 Å². The molecule has 1 aliphatic rings. The summed E-state index contributed by atoms with van der Waals surface area (Å²) in [5.74, 6) is -0.410. The van der Waals surface area contributed by atoms with Crippen LogP contribution in [0.1, 0.15) is 57.8 Å². The Kier molecular flexibility index (Phi) is 5.00. The molecule has 3 rings (SSSR count). The van der Waals surface area contributed by atoms with Crippen LogP contribution in [0.5, 0.6) is 0 Å². The van der Waals surface area contributed by atoms with Crippen LogP contribution in [0.25, 0.3) is 0 Å². The van der Waals surface area contributed by atoms with Crippen molar-refractivity contribution in [2.45, 2.75) is 40.0 Å². The van der Waals surface area contributed by atoms with Crippen molar-refractivity contribution >= 4 is 23.2 Å². The number of aromatic nitrogens is 1. The Balaban J connectivity index is 1.64. The molecule has 0 aromatic carbocycles. The maximum absolute atomic E-state index is 12.4. The van der Waals surface area contributed by atoms with Crippen LogP contribution >= 0.6 is 11.3 Å². The summed E-state index contributed by atoms with van der Waals surface area (Å²) in [5, 5.41) is 11.6. The molecular formula is C19H23N3O3S. The molecule has 0 bridgehead atoms. The molecule has 0 radical (unpaired) electrons. The number of carbonyl (C=O) groups is 2. The molecule has 0 fully saturated rings. The van der Waals surface area contributed by atoms with Gasteiger partial charge in [-0.15, -0.1) is 11.3 Å². The minimum Gasteiger partial charge on any atom is -0.618 e. The van der Waals surface area contributed by atoms with Gasteiger partial charge in [0.25, 0.3) is 11.6 Å². The number of pyridine rings is 1. The van der Waals surface area contributed by atoms with E-state index in [2.05, 4.69) is 31.6 Å². The van der Waals surface area contributed by atoms with Crippen LogP contribution in [0, 0.1) is 16.5 Å². The van der Waals surface area contributed by atoms with E-state index in [9.17, 15) is 14.8 Å². The number of rotatable bonds is 2. The van der Waals surface area contributed by atoms with E-state index in [0.29, 0.717) is 15.5 Å². The van der Waals surface area contributed by atoms with Crippen molar-refractivity contribution < 1.29 is 14.3 Å². The van der Waals surface area contributed by atoms with Crippen molar-refractivity contribution in [1.29, 1.82) is 0 Å². The molecule has 26 heavy (non-hydrogen) atoms. The van der Waals surface area contributed by atoms with E-state index in [-0.39, 0.29) is 17.0 Å². The summed E-state index contributed by atoms with van der Waals surface area (Å²) in [4.78, 5) is 26.2. The fourth-order valence-electron chi connectivity index (χ4n) is 3.22. The van der Waals surface area contributed by atoms with Crippen LogP contribution in [0.15, 0.2) is 30.5 Å². The standard InChI is InChI=1S/C19H23N3O3S/c1-19(2,3)13-7-8-15-12(10-13)11-16(26-15)18(24)21-20-17(23)14-6-4-5-9-22(14)25/h4-6,9,11,13H,7-8,10H2,1-3H3,(H,20,23)(H,21,24)/t13-/m0/s1. The van der Waals surface area contributed by atoms with Crippen molar-refractivity contribution in [3.05, 3.63) is 56.7 Å². The molecule has 0 spiro atoms. The zero-order chi connectivity index (χ0) is 18.9. The minimum atomic E-state index is -0.650. The second-order valence-electron chi connectivity index (χ2n) is 7.68. The van der Waals surface area contributed by atoms with Crippen molar-refractivity contribution in [1.82, 2.24) is 10.9 Å². The Morgan fingerprint density at radius 3 is 2.65 bits per heavy atom. The Labute approximate surface area is 156 Å². The first-order chi connectivity index (χ1) is 12.3. The van der Waals surface area contributed by atoms with Gasteiger partial charge in [0.05, 0.1) is 4.88 Å². The average Bonchev–Trinajstić information content (AvgIpc) is 3.02. The SMILES string of the molecule is CC(C)(C)[C@H]1CCc2sc(C(=O)NNC(=O)c3cccc[n+]3[O-])cc2C1. The number of carbonyl (C=O) groups excluding carboxylic acids is 2. The first-order valence-electron chi connectivity index (χ1n) is 8.66. The van der Waals surface area contributed by atoms with Crippen molar-refractivity contribution in [3.8, 4) is 0 Å². The van der Waals surface area contributed by atoms with Gasteiger partial charge in [0, 0.05) is 17.0 Å². The maximum Gasteiger partial charge on any atom is 0.335 e. The van der Waals surface area contributed by atoms with Gasteiger partial charge < -0.3 is 5.21 Å². The van der Waals surface area contributed by atoms with Crippen LogP contribution < -0.4 is 15.6 Å². The molecular weight excluding hydrogens is 350 g/mol. The third kappa shape index (κ3) is 3.88. The zero-order valence-electron chi connectivity index (χ0n) is 15.2. The molecule has 0 aliphatic heterocycles. The number of thiophene rings is 1. The molecule has 0 unspecified atom stereocenters. The number of nitrogens with zero attached hydrogens (tertiary/aromatic N) is 1. The summed E-state index contributed by atoms with van der Waals surface area (Å²) in [5.41, 5.74) is 6.10. The molecule has 2 heterocycles. The number of aryl methyl sites for hydroxylation is 1. The molecule has 6 nitrogen and oxygen atoms in total. The third-order valence-corrected chi connectivity index (χ3v) is 6.11. The highest BCUT2D eigenvalue weighted by atomic mass is 32.1. The van der Waals surface area contributed by atoms with Crippen LogP contribution in [0.2, 0.25) is 0 Å². The minimum absolute atomic E-state index is 0.0775. The molecule has 1 atom stereocenters. The van der Waals surface area contributed by atoms with E-state index >= 15 is 0 Å². The van der Waals surface area contributed by atoms with Crippen LogP contribution in [0.3, 0.4) is 0 Å². The van der Waals surface area contributed by atoms with E-state index < -0.39 is 5.91 Å². The third-order valence-electron chi connectivity index (χ3n) is 4.88. The largest absolute Gasteiger partial charge is 0.618 e. The second kappa shape index (κ2) is 7.07. The molecule has 138 valence electrons. The molecule has 1 aliphatic carbocycles. The Morgan fingerprint density at radius 1 is 1.23 bits per heavy atom. The predicted molar refractivity (Wildman–Crippen MR) is 99.6 cm³/mol. The zero-order valence-corrected chi connectivity index (χ0v) is 16.0. The lowest BCUT2D eigenvalue weighted by Gasteiger charge is -2.33. The summed E-state index contributed by atoms with van der Waals surface area (Å²) < 4.78 is 0.456. The van der Waals surface area contributed by atoms with E-state index in [4.69, 9.17) is 0 Å². The molecule has 2 amide bonds. The topological polar surface area (TPSA) is 85.1 Å². The van der Waals surface area contributed by atoms with Crippen molar-refractivity contribution in [2.24, 2.45) is 11.3 Å². The average molecular weight is 373 g/mol. The molecule has 0 saturated heterocycles. The monoisotopic (exact) mass is 373 g/mol. The number of hydrogen-bond acceptors (Lipinski definition) is 4. The fourth-order valence-corrected chi connectivity index (χ4v) is 4.32. The van der Waals surface area contributed by atoms with Crippen molar-refractivity contribution in [2.75, 3.05) is 0 Å². The first-order valence-corrected chi connectivity index (χ1v) is 9.48. The van der Waals surface area contributed by atoms with E-state index in [1.807, 2.05) is 6.07 Å². The summed E-state index contributed by atoms with van der Waals surface area (Å²) in [6, 6.07) is 6.44. The second-order valence-corrected chi connectivity index (χ2v) is 8.82. The normalized spacial score (nSPS) is 16.7. The summed E-state index contributed by atoms with van der Waals surface area (Å²) in [6.07, 6.45) is 4.33. The van der Waals surface area contributed by atoms with E-state index in [1.54, 1.807) is 6.07 Å². The van der Waals surface area contributed by atoms with Gasteiger partial charge in [0.15, 0.2) is 6.20 Å². The van der Waals surface area contributed by atoms with Gasteiger partial charge in [-0.2, -0.15) is 4.73 Å². The summed E-state index contributed by atoms with van der Waals surface area (Å²) in [7, 11) is 0. The van der Waals surface area contributed by atoms with Gasteiger partial charge in [-0.1, -0.05) is 20.8 Å². The lowest BCUT2D eigenvalue weighted by Crippen LogP contribution is -2.46. The molecule has 0 saturated carbocycles. The van der Waals surface area contributed by atoms with Gasteiger partial charge in [0.2, 0.25) is 0 Å². The lowest BCUT2D eigenvalue weighted by atomic mass is 9.72. The van der Waals surface area contributed by atoms with Gasteiger partial charge in [0.1, 0.15) is 0 Å². The first kappa shape index (κ1) is 18.4. The number of hydrazine groups is 1. The van der Waals surface area contributed by atoms with Gasteiger partial charge >= 0.3 is 5.91 Å². The molecule has 2 aromatic rings. The van der Waals surface area contributed by atoms with Crippen LogP contribution in [-0.4, -0.2) is 11.8 Å². The quantitative estimate of drug-likeness (QED) is 0.482. The van der Waals surface area contributed by atoms with Crippen molar-refractivity contribution in [3.63, 3.8) is 0 Å². The highest BCUT2D eigenvalue weighted by molar-refractivity contribution is 7.14. The molecule has 2 N–H and O–H groups in total. The van der Waals surface area contributed by atoms with Gasteiger partial charge in [-0.25, -0.2) is 0 Å². The highest BCUT2D eigenvalue weighted by Gasteiger charge is 2.30.